The molecule has 0 spiro atoms. The van der Waals surface area contributed by atoms with E-state index in [4.69, 9.17) is 17.3 Å². The Kier molecular flexibility index (Phi) is 5.10. The van der Waals surface area contributed by atoms with Gasteiger partial charge in [0, 0.05) is 15.5 Å². The van der Waals surface area contributed by atoms with Crippen LogP contribution in [0.4, 0.5) is 0 Å². The Balaban J connectivity index is 2.69. The van der Waals surface area contributed by atoms with E-state index in [-0.39, 0.29) is 6.04 Å². The first kappa shape index (κ1) is 13.0. The molecule has 3 heteroatoms. The lowest BCUT2D eigenvalue weighted by atomic mass is 9.98. The fourth-order valence-electron chi connectivity index (χ4n) is 1.47. The first-order valence-electron chi connectivity index (χ1n) is 5.21. The number of hydrogen-bond acceptors (Lipinski definition) is 1. The van der Waals surface area contributed by atoms with E-state index in [1.165, 1.54) is 0 Å². The zero-order chi connectivity index (χ0) is 11.4. The molecule has 1 unspecified atom stereocenters. The third-order valence-corrected chi connectivity index (χ3v) is 3.34. The summed E-state index contributed by atoms with van der Waals surface area (Å²) < 4.78 is 1.01. The summed E-state index contributed by atoms with van der Waals surface area (Å²) in [7, 11) is 0. The second-order valence-corrected chi connectivity index (χ2v) is 5.53. The highest BCUT2D eigenvalue weighted by Gasteiger charge is 2.10. The lowest BCUT2D eigenvalue weighted by Gasteiger charge is -2.15. The lowest BCUT2D eigenvalue weighted by Crippen LogP contribution is -2.11. The Morgan fingerprint density at radius 3 is 2.53 bits per heavy atom. The summed E-state index contributed by atoms with van der Waals surface area (Å²) in [5, 5.41) is 0.738. The van der Waals surface area contributed by atoms with Crippen LogP contribution in [-0.2, 0) is 0 Å². The molecule has 0 aliphatic heterocycles. The number of nitrogens with two attached hydrogens (primary N) is 1. The molecule has 0 saturated heterocycles. The van der Waals surface area contributed by atoms with Crippen molar-refractivity contribution in [2.45, 2.75) is 32.7 Å². The molecular formula is C12H17BrClN. The maximum atomic E-state index is 6.12. The second kappa shape index (κ2) is 5.88. The summed E-state index contributed by atoms with van der Waals surface area (Å²) in [6.45, 7) is 4.42. The van der Waals surface area contributed by atoms with E-state index < -0.39 is 0 Å². The molecule has 1 atom stereocenters. The van der Waals surface area contributed by atoms with Gasteiger partial charge in [0.1, 0.15) is 0 Å². The van der Waals surface area contributed by atoms with Crippen molar-refractivity contribution in [3.8, 4) is 0 Å². The summed E-state index contributed by atoms with van der Waals surface area (Å²) in [5.41, 5.74) is 7.26. The van der Waals surface area contributed by atoms with Crippen LogP contribution in [0.5, 0.6) is 0 Å². The molecule has 15 heavy (non-hydrogen) atoms. The molecule has 1 aromatic rings. The summed E-state index contributed by atoms with van der Waals surface area (Å²) >= 11 is 9.37. The minimum absolute atomic E-state index is 0.0963. The third-order valence-electron chi connectivity index (χ3n) is 2.42. The van der Waals surface area contributed by atoms with Gasteiger partial charge in [-0.1, -0.05) is 47.4 Å². The van der Waals surface area contributed by atoms with Crippen LogP contribution in [0.25, 0.3) is 0 Å². The lowest BCUT2D eigenvalue weighted by molar-refractivity contribution is 0.506. The summed E-state index contributed by atoms with van der Waals surface area (Å²) in [5.74, 6) is 0.696. The molecule has 0 saturated carbocycles. The molecule has 0 aromatic heterocycles. The molecule has 0 aliphatic rings. The molecule has 1 rings (SSSR count). The van der Waals surface area contributed by atoms with E-state index in [0.717, 1.165) is 27.9 Å². The van der Waals surface area contributed by atoms with Crippen molar-refractivity contribution in [3.05, 3.63) is 33.3 Å². The summed E-state index contributed by atoms with van der Waals surface area (Å²) in [6.07, 6.45) is 2.16. The Morgan fingerprint density at radius 1 is 1.33 bits per heavy atom. The standard InChI is InChI=1S/C12H17BrClN/c1-8(2)3-6-12(15)10-5-4-9(14)7-11(10)13/h4-5,7-8,12H,3,6,15H2,1-2H3. The van der Waals surface area contributed by atoms with E-state index in [0.29, 0.717) is 5.92 Å². The Labute approximate surface area is 105 Å². The van der Waals surface area contributed by atoms with Crippen LogP contribution < -0.4 is 5.73 Å². The van der Waals surface area contributed by atoms with Crippen LogP contribution >= 0.6 is 27.5 Å². The van der Waals surface area contributed by atoms with Gasteiger partial charge in [0.05, 0.1) is 0 Å². The molecule has 1 nitrogen and oxygen atoms in total. The van der Waals surface area contributed by atoms with Crippen molar-refractivity contribution in [1.82, 2.24) is 0 Å². The minimum Gasteiger partial charge on any atom is -0.324 e. The molecule has 0 aliphatic carbocycles. The van der Waals surface area contributed by atoms with E-state index in [2.05, 4.69) is 29.8 Å². The van der Waals surface area contributed by atoms with Crippen LogP contribution in [-0.4, -0.2) is 0 Å². The van der Waals surface area contributed by atoms with E-state index >= 15 is 0 Å². The monoisotopic (exact) mass is 289 g/mol. The average Bonchev–Trinajstić information content (AvgIpc) is 2.14. The largest absolute Gasteiger partial charge is 0.324 e. The topological polar surface area (TPSA) is 26.0 Å². The van der Waals surface area contributed by atoms with Gasteiger partial charge in [0.15, 0.2) is 0 Å². The van der Waals surface area contributed by atoms with Crippen LogP contribution in [0.3, 0.4) is 0 Å². The van der Waals surface area contributed by atoms with Crippen LogP contribution in [0.2, 0.25) is 5.02 Å². The van der Waals surface area contributed by atoms with Crippen molar-refractivity contribution in [3.63, 3.8) is 0 Å². The van der Waals surface area contributed by atoms with Gasteiger partial charge in [-0.3, -0.25) is 0 Å². The highest BCUT2D eigenvalue weighted by molar-refractivity contribution is 9.10. The third kappa shape index (κ3) is 4.13. The van der Waals surface area contributed by atoms with E-state index in [1.807, 2.05) is 18.2 Å². The highest BCUT2D eigenvalue weighted by atomic mass is 79.9. The molecule has 0 fully saturated rings. The van der Waals surface area contributed by atoms with Crippen molar-refractivity contribution in [2.75, 3.05) is 0 Å². The normalized spacial score (nSPS) is 13.2. The first-order valence-corrected chi connectivity index (χ1v) is 6.38. The maximum absolute atomic E-state index is 6.12. The average molecular weight is 291 g/mol. The SMILES string of the molecule is CC(C)CCC(N)c1ccc(Cl)cc1Br. The van der Waals surface area contributed by atoms with Gasteiger partial charge < -0.3 is 5.73 Å². The fourth-order valence-corrected chi connectivity index (χ4v) is 2.45. The van der Waals surface area contributed by atoms with E-state index in [1.54, 1.807) is 0 Å². The molecule has 0 radical (unpaired) electrons. The molecule has 0 heterocycles. The van der Waals surface area contributed by atoms with Crippen LogP contribution in [0.1, 0.15) is 38.3 Å². The van der Waals surface area contributed by atoms with Gasteiger partial charge in [-0.25, -0.2) is 0 Å². The van der Waals surface area contributed by atoms with Crippen molar-refractivity contribution in [2.24, 2.45) is 11.7 Å². The highest BCUT2D eigenvalue weighted by Crippen LogP contribution is 2.28. The van der Waals surface area contributed by atoms with Gasteiger partial charge in [0.2, 0.25) is 0 Å². The minimum atomic E-state index is 0.0963. The van der Waals surface area contributed by atoms with Crippen molar-refractivity contribution >= 4 is 27.5 Å². The Morgan fingerprint density at radius 2 is 2.00 bits per heavy atom. The van der Waals surface area contributed by atoms with Crippen molar-refractivity contribution < 1.29 is 0 Å². The molecule has 1 aromatic carbocycles. The molecule has 84 valence electrons. The van der Waals surface area contributed by atoms with Gasteiger partial charge in [-0.05, 0) is 36.5 Å². The number of halogens is 2. The zero-order valence-electron chi connectivity index (χ0n) is 9.13. The molecular weight excluding hydrogens is 273 g/mol. The molecule has 0 bridgehead atoms. The number of hydrogen-bond donors (Lipinski definition) is 1. The molecule has 2 N–H and O–H groups in total. The van der Waals surface area contributed by atoms with Gasteiger partial charge in [-0.2, -0.15) is 0 Å². The van der Waals surface area contributed by atoms with Crippen LogP contribution in [0.15, 0.2) is 22.7 Å². The smallest absolute Gasteiger partial charge is 0.0417 e. The first-order chi connectivity index (χ1) is 7.00. The quantitative estimate of drug-likeness (QED) is 0.865. The van der Waals surface area contributed by atoms with Gasteiger partial charge in [-0.15, -0.1) is 0 Å². The second-order valence-electron chi connectivity index (χ2n) is 4.24. The fraction of sp³-hybridized carbons (Fsp3) is 0.500. The Bertz CT molecular complexity index is 325. The predicted molar refractivity (Wildman–Crippen MR) is 70.2 cm³/mol. The Hall–Kier alpha value is -0.0500. The summed E-state index contributed by atoms with van der Waals surface area (Å²) in [4.78, 5) is 0. The predicted octanol–water partition coefficient (Wildman–Crippen LogP) is 4.54. The van der Waals surface area contributed by atoms with Gasteiger partial charge >= 0.3 is 0 Å². The van der Waals surface area contributed by atoms with Crippen molar-refractivity contribution in [1.29, 1.82) is 0 Å². The maximum Gasteiger partial charge on any atom is 0.0417 e. The van der Waals surface area contributed by atoms with Crippen LogP contribution in [0, 0.1) is 5.92 Å². The van der Waals surface area contributed by atoms with Gasteiger partial charge in [0.25, 0.3) is 0 Å². The number of rotatable bonds is 4. The summed E-state index contributed by atoms with van der Waals surface area (Å²) in [6, 6.07) is 5.87. The molecule has 0 amide bonds. The number of benzene rings is 1. The van der Waals surface area contributed by atoms with E-state index in [9.17, 15) is 0 Å². The zero-order valence-corrected chi connectivity index (χ0v) is 11.5.